The average molecular weight is 351 g/mol. The van der Waals surface area contributed by atoms with Crippen LogP contribution < -0.4 is 0 Å². The first-order valence-electron chi connectivity index (χ1n) is 7.37. The van der Waals surface area contributed by atoms with E-state index in [1.54, 1.807) is 6.20 Å². The maximum absolute atomic E-state index is 12.2. The molecule has 4 aromatic rings. The standard InChI is InChI=1S/C19H13NO2S2/c1-22-19(21)17-16(18-20-8-9-23-18)15(11-24-17)14-7-6-12-4-2-3-5-13(12)10-14/h2-11H,1H3. The summed E-state index contributed by atoms with van der Waals surface area (Å²) in [7, 11) is 1.41. The Labute approximate surface area is 147 Å². The molecule has 0 atom stereocenters. The second-order valence-electron chi connectivity index (χ2n) is 5.24. The van der Waals surface area contributed by atoms with Crippen LogP contribution in [0.25, 0.3) is 32.5 Å². The summed E-state index contributed by atoms with van der Waals surface area (Å²) < 4.78 is 4.94. The molecule has 0 radical (unpaired) electrons. The van der Waals surface area contributed by atoms with E-state index in [0.29, 0.717) is 4.88 Å². The summed E-state index contributed by atoms with van der Waals surface area (Å²) in [5.41, 5.74) is 2.95. The number of hydrogen-bond donors (Lipinski definition) is 0. The van der Waals surface area contributed by atoms with Crippen molar-refractivity contribution in [3.8, 4) is 21.7 Å². The molecule has 0 aliphatic carbocycles. The molecule has 24 heavy (non-hydrogen) atoms. The molecule has 2 heterocycles. The van der Waals surface area contributed by atoms with Crippen LogP contribution in [0.2, 0.25) is 0 Å². The van der Waals surface area contributed by atoms with Crippen LogP contribution in [-0.4, -0.2) is 18.1 Å². The summed E-state index contributed by atoms with van der Waals surface area (Å²) in [5.74, 6) is -0.322. The van der Waals surface area contributed by atoms with Gasteiger partial charge in [-0.25, -0.2) is 9.78 Å². The van der Waals surface area contributed by atoms with Crippen molar-refractivity contribution in [2.45, 2.75) is 0 Å². The Kier molecular flexibility index (Phi) is 3.88. The maximum Gasteiger partial charge on any atom is 0.348 e. The summed E-state index contributed by atoms with van der Waals surface area (Å²) >= 11 is 2.92. The molecule has 0 bridgehead atoms. The van der Waals surface area contributed by atoms with Crippen molar-refractivity contribution < 1.29 is 9.53 Å². The van der Waals surface area contributed by atoms with Gasteiger partial charge in [0.15, 0.2) is 0 Å². The fraction of sp³-hybridized carbons (Fsp3) is 0.0526. The highest BCUT2D eigenvalue weighted by molar-refractivity contribution is 7.15. The molecular weight excluding hydrogens is 338 g/mol. The zero-order valence-corrected chi connectivity index (χ0v) is 14.5. The van der Waals surface area contributed by atoms with Gasteiger partial charge in [-0.05, 0) is 22.4 Å². The zero-order chi connectivity index (χ0) is 16.5. The van der Waals surface area contributed by atoms with E-state index in [2.05, 4.69) is 35.3 Å². The number of carbonyl (C=O) groups excluding carboxylic acids is 1. The van der Waals surface area contributed by atoms with Crippen LogP contribution in [0, 0.1) is 0 Å². The van der Waals surface area contributed by atoms with Crippen molar-refractivity contribution in [3.05, 3.63) is 64.3 Å². The van der Waals surface area contributed by atoms with Crippen molar-refractivity contribution in [2.75, 3.05) is 7.11 Å². The van der Waals surface area contributed by atoms with Crippen molar-refractivity contribution in [1.82, 2.24) is 4.98 Å². The number of benzene rings is 2. The van der Waals surface area contributed by atoms with E-state index in [1.807, 2.05) is 22.9 Å². The lowest BCUT2D eigenvalue weighted by atomic mass is 9.99. The van der Waals surface area contributed by atoms with Crippen molar-refractivity contribution in [2.24, 2.45) is 0 Å². The fourth-order valence-electron chi connectivity index (χ4n) is 2.73. The van der Waals surface area contributed by atoms with Gasteiger partial charge in [-0.1, -0.05) is 36.4 Å². The van der Waals surface area contributed by atoms with E-state index >= 15 is 0 Å². The van der Waals surface area contributed by atoms with Crippen molar-refractivity contribution in [3.63, 3.8) is 0 Å². The van der Waals surface area contributed by atoms with Gasteiger partial charge in [-0.3, -0.25) is 0 Å². The Morgan fingerprint density at radius 2 is 1.92 bits per heavy atom. The van der Waals surface area contributed by atoms with Gasteiger partial charge >= 0.3 is 5.97 Å². The third-order valence-electron chi connectivity index (χ3n) is 3.87. The molecule has 0 amide bonds. The molecule has 0 unspecified atom stereocenters. The molecule has 118 valence electrons. The van der Waals surface area contributed by atoms with Gasteiger partial charge in [0.05, 0.1) is 7.11 Å². The molecule has 4 rings (SSSR count). The van der Waals surface area contributed by atoms with Crippen molar-refractivity contribution >= 4 is 39.4 Å². The molecule has 0 saturated carbocycles. The number of nitrogens with zero attached hydrogens (tertiary/aromatic N) is 1. The highest BCUT2D eigenvalue weighted by Gasteiger charge is 2.22. The van der Waals surface area contributed by atoms with Gasteiger partial charge in [0.2, 0.25) is 0 Å². The molecule has 0 aliphatic heterocycles. The van der Waals surface area contributed by atoms with Gasteiger partial charge in [-0.15, -0.1) is 22.7 Å². The minimum Gasteiger partial charge on any atom is -0.465 e. The Morgan fingerprint density at radius 3 is 2.67 bits per heavy atom. The van der Waals surface area contributed by atoms with Gasteiger partial charge in [0.25, 0.3) is 0 Å². The number of esters is 1. The summed E-state index contributed by atoms with van der Waals surface area (Å²) in [6.45, 7) is 0. The number of aromatic nitrogens is 1. The van der Waals surface area contributed by atoms with Crippen LogP contribution in [0.15, 0.2) is 59.4 Å². The molecule has 2 aromatic heterocycles. The average Bonchev–Trinajstić information content (AvgIpc) is 3.29. The minimum absolute atomic E-state index is 0.322. The van der Waals surface area contributed by atoms with Crippen LogP contribution in [0.4, 0.5) is 0 Å². The van der Waals surface area contributed by atoms with Gasteiger partial charge in [-0.2, -0.15) is 0 Å². The molecule has 0 saturated heterocycles. The first-order chi connectivity index (χ1) is 11.8. The fourth-order valence-corrected chi connectivity index (χ4v) is 4.49. The monoisotopic (exact) mass is 351 g/mol. The number of carbonyl (C=O) groups is 1. The lowest BCUT2D eigenvalue weighted by Gasteiger charge is -2.06. The van der Waals surface area contributed by atoms with E-state index in [1.165, 1.54) is 40.6 Å². The highest BCUT2D eigenvalue weighted by atomic mass is 32.1. The van der Waals surface area contributed by atoms with Crippen LogP contribution in [-0.2, 0) is 4.74 Å². The molecule has 0 aliphatic rings. The Bertz CT molecular complexity index is 1020. The quantitative estimate of drug-likeness (QED) is 0.459. The SMILES string of the molecule is COC(=O)c1scc(-c2ccc3ccccc3c2)c1-c1nccs1. The molecule has 0 fully saturated rings. The number of hydrogen-bond acceptors (Lipinski definition) is 5. The van der Waals surface area contributed by atoms with Gasteiger partial charge in [0, 0.05) is 28.1 Å². The van der Waals surface area contributed by atoms with Crippen LogP contribution >= 0.6 is 22.7 Å². The number of rotatable bonds is 3. The first kappa shape index (κ1) is 15.1. The smallest absolute Gasteiger partial charge is 0.348 e. The topological polar surface area (TPSA) is 39.2 Å². The molecule has 0 spiro atoms. The van der Waals surface area contributed by atoms with E-state index < -0.39 is 0 Å². The third kappa shape index (κ3) is 2.52. The molecule has 5 heteroatoms. The maximum atomic E-state index is 12.2. The normalized spacial score (nSPS) is 10.9. The number of thiazole rings is 1. The lowest BCUT2D eigenvalue weighted by molar-refractivity contribution is 0.0607. The highest BCUT2D eigenvalue weighted by Crippen LogP contribution is 2.41. The van der Waals surface area contributed by atoms with Crippen LogP contribution in [0.3, 0.4) is 0 Å². The van der Waals surface area contributed by atoms with E-state index in [9.17, 15) is 4.79 Å². The Hall–Kier alpha value is -2.50. The summed E-state index contributed by atoms with van der Waals surface area (Å²) in [5, 5.41) is 7.12. The number of ether oxygens (including phenoxy) is 1. The van der Waals surface area contributed by atoms with Crippen LogP contribution in [0.1, 0.15) is 9.67 Å². The van der Waals surface area contributed by atoms with Crippen LogP contribution in [0.5, 0.6) is 0 Å². The second kappa shape index (κ2) is 6.19. The summed E-state index contributed by atoms with van der Waals surface area (Å²) in [6, 6.07) is 14.6. The number of fused-ring (bicyclic) bond motifs is 1. The molecular formula is C19H13NO2S2. The summed E-state index contributed by atoms with van der Waals surface area (Å²) in [4.78, 5) is 17.1. The minimum atomic E-state index is -0.322. The largest absolute Gasteiger partial charge is 0.465 e. The van der Waals surface area contributed by atoms with Crippen molar-refractivity contribution in [1.29, 1.82) is 0 Å². The first-order valence-corrected chi connectivity index (χ1v) is 9.12. The van der Waals surface area contributed by atoms with Gasteiger partial charge < -0.3 is 4.74 Å². The number of thiophene rings is 1. The predicted octanol–water partition coefficient (Wildman–Crippen LogP) is 5.48. The predicted molar refractivity (Wildman–Crippen MR) is 99.7 cm³/mol. The van der Waals surface area contributed by atoms with E-state index in [4.69, 9.17) is 4.74 Å². The van der Waals surface area contributed by atoms with E-state index in [0.717, 1.165) is 21.7 Å². The molecule has 3 nitrogen and oxygen atoms in total. The lowest BCUT2D eigenvalue weighted by Crippen LogP contribution is -2.00. The third-order valence-corrected chi connectivity index (χ3v) is 5.62. The molecule has 2 aromatic carbocycles. The van der Waals surface area contributed by atoms with Gasteiger partial charge in [0.1, 0.15) is 9.88 Å². The number of methoxy groups -OCH3 is 1. The summed E-state index contributed by atoms with van der Waals surface area (Å²) in [6.07, 6.45) is 1.75. The second-order valence-corrected chi connectivity index (χ2v) is 7.02. The van der Waals surface area contributed by atoms with E-state index in [-0.39, 0.29) is 5.97 Å². The Morgan fingerprint density at radius 1 is 1.08 bits per heavy atom. The Balaban J connectivity index is 1.94. The zero-order valence-electron chi connectivity index (χ0n) is 12.9. The molecule has 0 N–H and O–H groups in total.